The number of hydrogen-bond acceptors (Lipinski definition) is 3. The first-order chi connectivity index (χ1) is 10.6. The summed E-state index contributed by atoms with van der Waals surface area (Å²) in [6.45, 7) is 4.53. The second-order valence-corrected chi connectivity index (χ2v) is 5.14. The van der Waals surface area contributed by atoms with E-state index in [0.29, 0.717) is 12.2 Å². The Hall–Kier alpha value is -2.40. The van der Waals surface area contributed by atoms with Crippen LogP contribution in [0.15, 0.2) is 48.5 Å². The Kier molecular flexibility index (Phi) is 5.49. The van der Waals surface area contributed by atoms with Crippen molar-refractivity contribution in [1.29, 1.82) is 0 Å². The fraction of sp³-hybridized carbons (Fsp3) is 0.176. The average molecular weight is 314 g/mol. The molecular formula is C17H18N2O2S. The molecule has 0 aliphatic heterocycles. The van der Waals surface area contributed by atoms with Crippen molar-refractivity contribution in [1.82, 2.24) is 5.32 Å². The van der Waals surface area contributed by atoms with Crippen LogP contribution >= 0.6 is 12.2 Å². The third-order valence-corrected chi connectivity index (χ3v) is 3.17. The van der Waals surface area contributed by atoms with Crippen LogP contribution in [0.4, 0.5) is 5.69 Å². The van der Waals surface area contributed by atoms with Gasteiger partial charge in [-0.3, -0.25) is 10.1 Å². The summed E-state index contributed by atoms with van der Waals surface area (Å²) in [5.74, 6) is 0.561. The van der Waals surface area contributed by atoms with Gasteiger partial charge < -0.3 is 10.1 Å². The maximum Gasteiger partial charge on any atom is 0.257 e. The van der Waals surface area contributed by atoms with Crippen molar-refractivity contribution >= 4 is 28.9 Å². The molecule has 0 saturated heterocycles. The number of aryl methyl sites for hydroxylation is 1. The summed E-state index contributed by atoms with van der Waals surface area (Å²) in [4.78, 5) is 12.0. The second-order valence-electron chi connectivity index (χ2n) is 4.73. The molecule has 2 rings (SSSR count). The van der Waals surface area contributed by atoms with Crippen molar-refractivity contribution in [3.8, 4) is 5.75 Å². The van der Waals surface area contributed by atoms with Crippen LogP contribution in [0.3, 0.4) is 0 Å². The molecule has 0 unspecified atom stereocenters. The van der Waals surface area contributed by atoms with Gasteiger partial charge in [0.15, 0.2) is 5.11 Å². The van der Waals surface area contributed by atoms with Gasteiger partial charge in [-0.05, 0) is 62.5 Å². The van der Waals surface area contributed by atoms with Gasteiger partial charge in [0.1, 0.15) is 5.75 Å². The summed E-state index contributed by atoms with van der Waals surface area (Å²) in [5.41, 5.74) is 2.46. The Morgan fingerprint density at radius 1 is 1.09 bits per heavy atom. The van der Waals surface area contributed by atoms with Gasteiger partial charge in [-0.25, -0.2) is 0 Å². The van der Waals surface area contributed by atoms with E-state index in [-0.39, 0.29) is 11.0 Å². The molecular weight excluding hydrogens is 296 g/mol. The van der Waals surface area contributed by atoms with Crippen LogP contribution in [0.5, 0.6) is 5.75 Å². The van der Waals surface area contributed by atoms with E-state index in [4.69, 9.17) is 17.0 Å². The zero-order valence-corrected chi connectivity index (χ0v) is 13.4. The molecule has 114 valence electrons. The normalized spacial score (nSPS) is 9.91. The highest BCUT2D eigenvalue weighted by molar-refractivity contribution is 7.80. The number of hydrogen-bond donors (Lipinski definition) is 2. The topological polar surface area (TPSA) is 50.4 Å². The SMILES string of the molecule is CCOc1ccc(NC(=S)NC(=O)c2ccc(C)cc2)cc1. The maximum absolute atomic E-state index is 12.0. The molecule has 0 aromatic heterocycles. The Morgan fingerprint density at radius 3 is 2.32 bits per heavy atom. The van der Waals surface area contributed by atoms with Gasteiger partial charge in [0.25, 0.3) is 5.91 Å². The Balaban J connectivity index is 1.92. The molecule has 0 bridgehead atoms. The van der Waals surface area contributed by atoms with Gasteiger partial charge in [0, 0.05) is 11.3 Å². The molecule has 0 aliphatic rings. The number of anilines is 1. The number of rotatable bonds is 4. The molecule has 0 atom stereocenters. The van der Waals surface area contributed by atoms with Crippen molar-refractivity contribution in [2.24, 2.45) is 0 Å². The summed E-state index contributed by atoms with van der Waals surface area (Å²) in [7, 11) is 0. The fourth-order valence-corrected chi connectivity index (χ4v) is 2.05. The number of carbonyl (C=O) groups is 1. The number of nitrogens with one attached hydrogen (secondary N) is 2. The van der Waals surface area contributed by atoms with E-state index in [9.17, 15) is 4.79 Å². The Labute approximate surface area is 135 Å². The highest BCUT2D eigenvalue weighted by Crippen LogP contribution is 2.15. The first-order valence-electron chi connectivity index (χ1n) is 7.00. The Bertz CT molecular complexity index is 651. The van der Waals surface area contributed by atoms with Crippen molar-refractivity contribution in [2.45, 2.75) is 13.8 Å². The monoisotopic (exact) mass is 314 g/mol. The molecule has 0 fully saturated rings. The van der Waals surface area contributed by atoms with E-state index < -0.39 is 0 Å². The van der Waals surface area contributed by atoms with Crippen LogP contribution in [0.2, 0.25) is 0 Å². The largest absolute Gasteiger partial charge is 0.494 e. The van der Waals surface area contributed by atoms with Gasteiger partial charge in [0.05, 0.1) is 6.61 Å². The van der Waals surface area contributed by atoms with E-state index in [1.54, 1.807) is 12.1 Å². The first-order valence-corrected chi connectivity index (χ1v) is 7.41. The van der Waals surface area contributed by atoms with Gasteiger partial charge in [-0.2, -0.15) is 0 Å². The lowest BCUT2D eigenvalue weighted by atomic mass is 10.1. The molecule has 0 saturated carbocycles. The smallest absolute Gasteiger partial charge is 0.257 e. The molecule has 2 aromatic carbocycles. The molecule has 4 nitrogen and oxygen atoms in total. The van der Waals surface area contributed by atoms with Crippen LogP contribution in [-0.2, 0) is 0 Å². The van der Waals surface area contributed by atoms with E-state index in [0.717, 1.165) is 17.0 Å². The summed E-state index contributed by atoms with van der Waals surface area (Å²) in [5, 5.41) is 5.88. The minimum Gasteiger partial charge on any atom is -0.494 e. The molecule has 0 aliphatic carbocycles. The second kappa shape index (κ2) is 7.56. The van der Waals surface area contributed by atoms with Gasteiger partial charge in [-0.1, -0.05) is 17.7 Å². The van der Waals surface area contributed by atoms with E-state index in [2.05, 4.69) is 10.6 Å². The molecule has 5 heteroatoms. The van der Waals surface area contributed by atoms with Crippen molar-refractivity contribution < 1.29 is 9.53 Å². The van der Waals surface area contributed by atoms with E-state index in [1.807, 2.05) is 50.2 Å². The number of carbonyl (C=O) groups excluding carboxylic acids is 1. The van der Waals surface area contributed by atoms with E-state index >= 15 is 0 Å². The number of benzene rings is 2. The molecule has 0 radical (unpaired) electrons. The average Bonchev–Trinajstić information content (AvgIpc) is 2.50. The standard InChI is InChI=1S/C17H18N2O2S/c1-3-21-15-10-8-14(9-11-15)18-17(22)19-16(20)13-6-4-12(2)5-7-13/h4-11H,3H2,1-2H3,(H2,18,19,20,22). The van der Waals surface area contributed by atoms with Crippen LogP contribution in [0.25, 0.3) is 0 Å². The summed E-state index contributed by atoms with van der Waals surface area (Å²) in [6.07, 6.45) is 0. The van der Waals surface area contributed by atoms with Crippen LogP contribution in [0, 0.1) is 6.92 Å². The van der Waals surface area contributed by atoms with Crippen LogP contribution in [0.1, 0.15) is 22.8 Å². The minimum absolute atomic E-state index is 0.233. The number of amides is 1. The highest BCUT2D eigenvalue weighted by Gasteiger charge is 2.07. The maximum atomic E-state index is 12.0. The third kappa shape index (κ3) is 4.56. The van der Waals surface area contributed by atoms with Crippen molar-refractivity contribution in [2.75, 3.05) is 11.9 Å². The van der Waals surface area contributed by atoms with Gasteiger partial charge >= 0.3 is 0 Å². The highest BCUT2D eigenvalue weighted by atomic mass is 32.1. The quantitative estimate of drug-likeness (QED) is 0.848. The zero-order chi connectivity index (χ0) is 15.9. The first kappa shape index (κ1) is 16.0. The number of thiocarbonyl (C=S) groups is 1. The van der Waals surface area contributed by atoms with Gasteiger partial charge in [0.2, 0.25) is 0 Å². The summed E-state index contributed by atoms with van der Waals surface area (Å²) < 4.78 is 5.37. The predicted molar refractivity (Wildman–Crippen MR) is 92.5 cm³/mol. The Morgan fingerprint density at radius 2 is 1.73 bits per heavy atom. The van der Waals surface area contributed by atoms with Crippen molar-refractivity contribution in [3.63, 3.8) is 0 Å². The van der Waals surface area contributed by atoms with Crippen LogP contribution in [-0.4, -0.2) is 17.6 Å². The molecule has 22 heavy (non-hydrogen) atoms. The number of ether oxygens (including phenoxy) is 1. The van der Waals surface area contributed by atoms with Crippen molar-refractivity contribution in [3.05, 3.63) is 59.7 Å². The predicted octanol–water partition coefficient (Wildman–Crippen LogP) is 3.52. The van der Waals surface area contributed by atoms with E-state index in [1.165, 1.54) is 0 Å². The molecule has 2 N–H and O–H groups in total. The minimum atomic E-state index is -0.233. The lowest BCUT2D eigenvalue weighted by Gasteiger charge is -2.10. The van der Waals surface area contributed by atoms with Gasteiger partial charge in [-0.15, -0.1) is 0 Å². The lowest BCUT2D eigenvalue weighted by Crippen LogP contribution is -2.34. The molecule has 2 aromatic rings. The fourth-order valence-electron chi connectivity index (χ4n) is 1.84. The van der Waals surface area contributed by atoms with Crippen LogP contribution < -0.4 is 15.4 Å². The summed E-state index contributed by atoms with van der Waals surface area (Å²) >= 11 is 5.15. The zero-order valence-electron chi connectivity index (χ0n) is 12.6. The molecule has 0 spiro atoms. The molecule has 0 heterocycles. The lowest BCUT2D eigenvalue weighted by molar-refractivity contribution is 0.0977. The summed E-state index contributed by atoms with van der Waals surface area (Å²) in [6, 6.07) is 14.7. The molecule has 1 amide bonds. The third-order valence-electron chi connectivity index (χ3n) is 2.96.